The van der Waals surface area contributed by atoms with Gasteiger partial charge in [0.1, 0.15) is 17.0 Å². The van der Waals surface area contributed by atoms with Crippen LogP contribution in [-0.2, 0) is 16.0 Å². The van der Waals surface area contributed by atoms with Crippen molar-refractivity contribution in [3.05, 3.63) is 46.9 Å². The molecule has 3 aromatic heterocycles. The first-order valence-electron chi connectivity index (χ1n) is 10.1. The Balaban J connectivity index is 1.29. The number of esters is 1. The van der Waals surface area contributed by atoms with Gasteiger partial charge < -0.3 is 9.64 Å². The monoisotopic (exact) mass is 410 g/mol. The first-order valence-corrected chi connectivity index (χ1v) is 11.0. The lowest BCUT2D eigenvalue weighted by Crippen LogP contribution is -2.37. The molecule has 4 rings (SSSR count). The van der Waals surface area contributed by atoms with Crippen molar-refractivity contribution in [1.29, 1.82) is 0 Å². The predicted octanol–water partition coefficient (Wildman–Crippen LogP) is 4.10. The molecule has 0 bridgehead atoms. The van der Waals surface area contributed by atoms with E-state index in [1.165, 1.54) is 16.0 Å². The van der Waals surface area contributed by atoms with Gasteiger partial charge in [-0.2, -0.15) is 0 Å². The van der Waals surface area contributed by atoms with E-state index in [1.807, 2.05) is 18.3 Å². The molecule has 29 heavy (non-hydrogen) atoms. The molecule has 3 aromatic rings. The average molecular weight is 411 g/mol. The van der Waals surface area contributed by atoms with E-state index >= 15 is 0 Å². The van der Waals surface area contributed by atoms with Crippen LogP contribution in [0.15, 0.2) is 30.9 Å². The van der Waals surface area contributed by atoms with Gasteiger partial charge in [-0.1, -0.05) is 6.07 Å². The normalized spacial score (nSPS) is 15.0. The van der Waals surface area contributed by atoms with E-state index in [0.29, 0.717) is 6.61 Å². The van der Waals surface area contributed by atoms with Crippen molar-refractivity contribution in [3.63, 3.8) is 0 Å². The summed E-state index contributed by atoms with van der Waals surface area (Å²) in [6.07, 6.45) is 8.58. The number of anilines is 1. The van der Waals surface area contributed by atoms with Crippen LogP contribution in [0.3, 0.4) is 0 Å². The van der Waals surface area contributed by atoms with Gasteiger partial charge in [0.2, 0.25) is 0 Å². The fraction of sp³-hybridized carbons (Fsp3) is 0.455. The fourth-order valence-corrected chi connectivity index (χ4v) is 4.83. The SMILES string of the molecule is Cc1sc2ncnc(N3CCC(C(=O)OCCCc4cccnc4)CC3)c2c1C. The Labute approximate surface area is 175 Å². The molecule has 1 saturated heterocycles. The summed E-state index contributed by atoms with van der Waals surface area (Å²) in [5.74, 6) is 0.915. The standard InChI is InChI=1S/C22H26N4O2S/c1-15-16(2)29-21-19(15)20(24-14-25-21)26-10-7-18(8-11-26)22(27)28-12-4-6-17-5-3-9-23-13-17/h3,5,9,13-14,18H,4,6-8,10-12H2,1-2H3. The Morgan fingerprint density at radius 1 is 1.28 bits per heavy atom. The molecule has 0 unspecified atom stereocenters. The highest BCUT2D eigenvalue weighted by Gasteiger charge is 2.28. The lowest BCUT2D eigenvalue weighted by Gasteiger charge is -2.32. The quantitative estimate of drug-likeness (QED) is 0.450. The molecule has 0 radical (unpaired) electrons. The van der Waals surface area contributed by atoms with E-state index in [-0.39, 0.29) is 11.9 Å². The second kappa shape index (κ2) is 8.86. The third kappa shape index (κ3) is 4.40. The van der Waals surface area contributed by atoms with E-state index in [9.17, 15) is 4.79 Å². The van der Waals surface area contributed by atoms with Crippen LogP contribution in [0.4, 0.5) is 5.82 Å². The number of ether oxygens (including phenoxy) is 1. The molecule has 0 N–H and O–H groups in total. The highest BCUT2D eigenvalue weighted by atomic mass is 32.1. The van der Waals surface area contributed by atoms with Crippen molar-refractivity contribution in [2.75, 3.05) is 24.6 Å². The number of thiophene rings is 1. The van der Waals surface area contributed by atoms with E-state index in [0.717, 1.165) is 54.8 Å². The number of fused-ring (bicyclic) bond motifs is 1. The van der Waals surface area contributed by atoms with Gasteiger partial charge >= 0.3 is 5.97 Å². The third-order valence-electron chi connectivity index (χ3n) is 5.65. The summed E-state index contributed by atoms with van der Waals surface area (Å²) in [7, 11) is 0. The number of hydrogen-bond acceptors (Lipinski definition) is 7. The number of aryl methyl sites for hydroxylation is 3. The van der Waals surface area contributed by atoms with E-state index in [1.54, 1.807) is 23.9 Å². The molecule has 1 aliphatic rings. The first kappa shape index (κ1) is 19.8. The van der Waals surface area contributed by atoms with Crippen molar-refractivity contribution >= 4 is 33.3 Å². The van der Waals surface area contributed by atoms with Crippen molar-refractivity contribution in [2.45, 2.75) is 39.5 Å². The number of piperidine rings is 1. The van der Waals surface area contributed by atoms with Crippen molar-refractivity contribution < 1.29 is 9.53 Å². The van der Waals surface area contributed by atoms with Crippen LogP contribution in [0, 0.1) is 19.8 Å². The molecule has 0 atom stereocenters. The third-order valence-corrected chi connectivity index (χ3v) is 6.77. The summed E-state index contributed by atoms with van der Waals surface area (Å²) < 4.78 is 5.54. The largest absolute Gasteiger partial charge is 0.465 e. The topological polar surface area (TPSA) is 68.2 Å². The van der Waals surface area contributed by atoms with Crippen molar-refractivity contribution in [1.82, 2.24) is 15.0 Å². The van der Waals surface area contributed by atoms with E-state index in [4.69, 9.17) is 4.74 Å². The van der Waals surface area contributed by atoms with Gasteiger partial charge in [-0.3, -0.25) is 9.78 Å². The van der Waals surface area contributed by atoms with E-state index < -0.39 is 0 Å². The van der Waals surface area contributed by atoms with Gasteiger partial charge in [0.05, 0.1) is 17.9 Å². The minimum atomic E-state index is -0.0637. The molecule has 0 aromatic carbocycles. The van der Waals surface area contributed by atoms with Crippen molar-refractivity contribution in [2.24, 2.45) is 5.92 Å². The number of rotatable bonds is 6. The minimum absolute atomic E-state index is 0.0210. The molecule has 1 fully saturated rings. The van der Waals surface area contributed by atoms with Crippen molar-refractivity contribution in [3.8, 4) is 0 Å². The maximum absolute atomic E-state index is 12.4. The van der Waals surface area contributed by atoms with Crippen LogP contribution in [0.1, 0.15) is 35.3 Å². The van der Waals surface area contributed by atoms with E-state index in [2.05, 4.69) is 33.7 Å². The first-order chi connectivity index (χ1) is 14.1. The number of pyridine rings is 1. The molecule has 1 aliphatic heterocycles. The molecule has 0 spiro atoms. The molecule has 6 nitrogen and oxygen atoms in total. The Morgan fingerprint density at radius 2 is 2.10 bits per heavy atom. The van der Waals surface area contributed by atoms with Gasteiger partial charge in [0.25, 0.3) is 0 Å². The summed E-state index contributed by atoms with van der Waals surface area (Å²) in [5.41, 5.74) is 2.43. The van der Waals surface area contributed by atoms with Gasteiger partial charge in [-0.05, 0) is 56.7 Å². The zero-order chi connectivity index (χ0) is 20.2. The van der Waals surface area contributed by atoms with Crippen LogP contribution in [0.2, 0.25) is 0 Å². The Bertz CT molecular complexity index is 981. The summed E-state index contributed by atoms with van der Waals surface area (Å²) in [6.45, 7) is 6.36. The lowest BCUT2D eigenvalue weighted by molar-refractivity contribution is -0.149. The minimum Gasteiger partial charge on any atom is -0.465 e. The van der Waals surface area contributed by atoms with Gasteiger partial charge in [0.15, 0.2) is 0 Å². The van der Waals surface area contributed by atoms with Crippen LogP contribution in [0.5, 0.6) is 0 Å². The van der Waals surface area contributed by atoms with Gasteiger partial charge in [-0.15, -0.1) is 11.3 Å². The summed E-state index contributed by atoms with van der Waals surface area (Å²) in [5, 5.41) is 1.16. The zero-order valence-electron chi connectivity index (χ0n) is 16.9. The van der Waals surface area contributed by atoms with Crippen LogP contribution < -0.4 is 4.90 Å². The molecule has 152 valence electrons. The maximum atomic E-state index is 12.4. The average Bonchev–Trinajstić information content (AvgIpc) is 3.06. The highest BCUT2D eigenvalue weighted by molar-refractivity contribution is 7.18. The van der Waals surface area contributed by atoms with Crippen LogP contribution in [-0.4, -0.2) is 40.6 Å². The number of carbonyl (C=O) groups excluding carboxylic acids is 1. The number of carbonyl (C=O) groups is 1. The summed E-state index contributed by atoms with van der Waals surface area (Å²) >= 11 is 1.72. The zero-order valence-corrected chi connectivity index (χ0v) is 17.7. The fourth-order valence-electron chi connectivity index (χ4n) is 3.84. The molecule has 0 saturated carbocycles. The molecular formula is C22H26N4O2S. The second-order valence-corrected chi connectivity index (χ2v) is 8.76. The number of aromatic nitrogens is 3. The maximum Gasteiger partial charge on any atom is 0.309 e. The molecule has 7 heteroatoms. The smallest absolute Gasteiger partial charge is 0.309 e. The number of nitrogens with zero attached hydrogens (tertiary/aromatic N) is 4. The summed E-state index contributed by atoms with van der Waals surface area (Å²) in [4.78, 5) is 30.2. The number of hydrogen-bond donors (Lipinski definition) is 0. The lowest BCUT2D eigenvalue weighted by atomic mass is 9.96. The summed E-state index contributed by atoms with van der Waals surface area (Å²) in [6, 6.07) is 3.98. The Morgan fingerprint density at radius 3 is 2.86 bits per heavy atom. The van der Waals surface area contributed by atoms with Gasteiger partial charge in [0, 0.05) is 30.4 Å². The van der Waals surface area contributed by atoms with Gasteiger partial charge in [-0.25, -0.2) is 9.97 Å². The predicted molar refractivity (Wildman–Crippen MR) is 115 cm³/mol. The second-order valence-electron chi connectivity index (χ2n) is 7.55. The molecule has 4 heterocycles. The highest BCUT2D eigenvalue weighted by Crippen LogP contribution is 2.35. The Hall–Kier alpha value is -2.54. The molecule has 0 aliphatic carbocycles. The van der Waals surface area contributed by atoms with Crippen LogP contribution >= 0.6 is 11.3 Å². The molecule has 0 amide bonds. The Kier molecular flexibility index (Phi) is 6.04. The molecular weight excluding hydrogens is 384 g/mol. The van der Waals surface area contributed by atoms with Crippen LogP contribution in [0.25, 0.3) is 10.2 Å².